The maximum atomic E-state index is 12.6. The van der Waals surface area contributed by atoms with Crippen molar-refractivity contribution in [3.63, 3.8) is 0 Å². The fourth-order valence-corrected chi connectivity index (χ4v) is 3.74. The summed E-state index contributed by atoms with van der Waals surface area (Å²) in [5, 5.41) is -0.334. The molecular formula is C19H14BrNO4S. The molecule has 0 radical (unpaired) electrons. The average Bonchev–Trinajstić information content (AvgIpc) is 2.89. The van der Waals surface area contributed by atoms with Crippen molar-refractivity contribution in [3.05, 3.63) is 74.6 Å². The second-order valence-corrected chi connectivity index (χ2v) is 7.42. The molecule has 1 heterocycles. The molecule has 1 aliphatic rings. The Kier molecular flexibility index (Phi) is 5.58. The number of imide groups is 1. The van der Waals surface area contributed by atoms with E-state index in [0.29, 0.717) is 16.0 Å². The molecule has 1 saturated heterocycles. The number of methoxy groups -OCH3 is 1. The van der Waals surface area contributed by atoms with Crippen LogP contribution in [0.2, 0.25) is 0 Å². The first-order chi connectivity index (χ1) is 12.5. The van der Waals surface area contributed by atoms with E-state index in [2.05, 4.69) is 15.9 Å². The van der Waals surface area contributed by atoms with Gasteiger partial charge in [-0.2, -0.15) is 0 Å². The summed E-state index contributed by atoms with van der Waals surface area (Å²) >= 11 is 4.29. The van der Waals surface area contributed by atoms with Crippen molar-refractivity contribution >= 4 is 50.9 Å². The number of thioether (sulfide) groups is 1. The summed E-state index contributed by atoms with van der Waals surface area (Å²) in [5.74, 6) is -0.806. The molecule has 0 saturated carbocycles. The van der Waals surface area contributed by atoms with E-state index in [4.69, 9.17) is 4.74 Å². The minimum Gasteiger partial charge on any atom is -0.465 e. The van der Waals surface area contributed by atoms with E-state index in [-0.39, 0.29) is 17.7 Å². The van der Waals surface area contributed by atoms with E-state index in [1.54, 1.807) is 30.3 Å². The largest absolute Gasteiger partial charge is 0.465 e. The lowest BCUT2D eigenvalue weighted by Crippen LogP contribution is -2.27. The Morgan fingerprint density at radius 2 is 1.96 bits per heavy atom. The average molecular weight is 432 g/mol. The first kappa shape index (κ1) is 18.4. The van der Waals surface area contributed by atoms with Crippen molar-refractivity contribution in [1.29, 1.82) is 0 Å². The molecule has 0 aromatic heterocycles. The van der Waals surface area contributed by atoms with Crippen LogP contribution in [0, 0.1) is 0 Å². The van der Waals surface area contributed by atoms with Gasteiger partial charge in [0.2, 0.25) is 0 Å². The van der Waals surface area contributed by atoms with Gasteiger partial charge in [-0.05, 0) is 53.2 Å². The smallest absolute Gasteiger partial charge is 0.337 e. The predicted molar refractivity (Wildman–Crippen MR) is 103 cm³/mol. The normalized spacial score (nSPS) is 15.6. The van der Waals surface area contributed by atoms with E-state index in [1.807, 2.05) is 24.3 Å². The molecule has 0 aliphatic carbocycles. The van der Waals surface area contributed by atoms with Crippen LogP contribution in [0.3, 0.4) is 0 Å². The molecule has 0 spiro atoms. The third kappa shape index (κ3) is 4.05. The fourth-order valence-electron chi connectivity index (χ4n) is 2.48. The Balaban J connectivity index is 1.81. The number of carbonyl (C=O) groups excluding carboxylic acids is 3. The van der Waals surface area contributed by atoms with Crippen molar-refractivity contribution in [2.24, 2.45) is 0 Å². The molecule has 3 rings (SSSR count). The molecule has 2 amide bonds. The van der Waals surface area contributed by atoms with Crippen LogP contribution in [-0.4, -0.2) is 29.1 Å². The third-order valence-electron chi connectivity index (χ3n) is 3.71. The Labute approximate surface area is 163 Å². The quantitative estimate of drug-likeness (QED) is 0.527. The van der Waals surface area contributed by atoms with Gasteiger partial charge in [-0.25, -0.2) is 4.79 Å². The van der Waals surface area contributed by atoms with E-state index < -0.39 is 5.97 Å². The maximum absolute atomic E-state index is 12.6. The van der Waals surface area contributed by atoms with Gasteiger partial charge in [0.1, 0.15) is 0 Å². The molecule has 7 heteroatoms. The molecule has 0 unspecified atom stereocenters. The molecular weight excluding hydrogens is 418 g/mol. The molecule has 0 N–H and O–H groups in total. The maximum Gasteiger partial charge on any atom is 0.337 e. The van der Waals surface area contributed by atoms with E-state index in [1.165, 1.54) is 12.0 Å². The van der Waals surface area contributed by atoms with Crippen LogP contribution in [0.5, 0.6) is 0 Å². The van der Waals surface area contributed by atoms with E-state index in [0.717, 1.165) is 21.8 Å². The zero-order valence-corrected chi connectivity index (χ0v) is 16.2. The molecule has 132 valence electrons. The minimum absolute atomic E-state index is 0.103. The number of nitrogens with zero attached hydrogens (tertiary/aromatic N) is 1. The highest BCUT2D eigenvalue weighted by molar-refractivity contribution is 9.10. The van der Waals surface area contributed by atoms with Gasteiger partial charge in [0, 0.05) is 4.47 Å². The van der Waals surface area contributed by atoms with Gasteiger partial charge in [0.25, 0.3) is 11.1 Å². The number of rotatable bonds is 4. The summed E-state index contributed by atoms with van der Waals surface area (Å²) in [6.45, 7) is 0.103. The highest BCUT2D eigenvalue weighted by Gasteiger charge is 2.35. The molecule has 1 fully saturated rings. The Bertz CT molecular complexity index is 925. The number of esters is 1. The summed E-state index contributed by atoms with van der Waals surface area (Å²) in [6.07, 6.45) is 1.69. The van der Waals surface area contributed by atoms with Gasteiger partial charge in [-0.3, -0.25) is 14.5 Å². The molecule has 2 aromatic rings. The first-order valence-corrected chi connectivity index (χ1v) is 9.27. The minimum atomic E-state index is -0.462. The highest BCUT2D eigenvalue weighted by atomic mass is 79.9. The van der Waals surface area contributed by atoms with Gasteiger partial charge >= 0.3 is 5.97 Å². The molecule has 0 bridgehead atoms. The monoisotopic (exact) mass is 431 g/mol. The molecule has 5 nitrogen and oxygen atoms in total. The van der Waals surface area contributed by atoms with Gasteiger partial charge in [-0.15, -0.1) is 0 Å². The second-order valence-electron chi connectivity index (χ2n) is 5.51. The molecule has 0 atom stereocenters. The van der Waals surface area contributed by atoms with Crippen molar-refractivity contribution in [2.45, 2.75) is 6.54 Å². The summed E-state index contributed by atoms with van der Waals surface area (Å²) in [4.78, 5) is 38.0. The van der Waals surface area contributed by atoms with E-state index in [9.17, 15) is 14.4 Å². The molecule has 26 heavy (non-hydrogen) atoms. The van der Waals surface area contributed by atoms with Crippen LogP contribution in [-0.2, 0) is 16.1 Å². The zero-order chi connectivity index (χ0) is 18.7. The van der Waals surface area contributed by atoms with Gasteiger partial charge in [-0.1, -0.05) is 40.2 Å². The second kappa shape index (κ2) is 7.88. The predicted octanol–water partition coefficient (Wildman–Crippen LogP) is 4.47. The van der Waals surface area contributed by atoms with E-state index >= 15 is 0 Å². The lowest BCUT2D eigenvalue weighted by atomic mass is 10.1. The van der Waals surface area contributed by atoms with Crippen LogP contribution < -0.4 is 0 Å². The van der Waals surface area contributed by atoms with Gasteiger partial charge in [0.15, 0.2) is 0 Å². The SMILES string of the molecule is COC(=O)c1cccc(CN2C(=O)S/C(=C\c3cccc(Br)c3)C2=O)c1. The topological polar surface area (TPSA) is 63.7 Å². The summed E-state index contributed by atoms with van der Waals surface area (Å²) in [6, 6.07) is 14.2. The fraction of sp³-hybridized carbons (Fsp3) is 0.105. The Morgan fingerprint density at radius 3 is 2.69 bits per heavy atom. The number of amides is 2. The van der Waals surface area contributed by atoms with Crippen LogP contribution >= 0.6 is 27.7 Å². The standard InChI is InChI=1S/C19H14BrNO4S/c1-25-18(23)14-6-2-5-13(8-14)11-21-17(22)16(26-19(21)24)10-12-4-3-7-15(20)9-12/h2-10H,11H2,1H3/b16-10-. The van der Waals surface area contributed by atoms with Gasteiger partial charge < -0.3 is 4.74 Å². The summed E-state index contributed by atoms with van der Waals surface area (Å²) < 4.78 is 5.59. The van der Waals surface area contributed by atoms with Gasteiger partial charge in [0.05, 0.1) is 24.1 Å². The van der Waals surface area contributed by atoms with Crippen molar-refractivity contribution in [1.82, 2.24) is 4.90 Å². The lowest BCUT2D eigenvalue weighted by molar-refractivity contribution is -0.123. The Hall–Kier alpha value is -2.38. The molecule has 2 aromatic carbocycles. The number of carbonyl (C=O) groups is 3. The number of hydrogen-bond acceptors (Lipinski definition) is 5. The summed E-state index contributed by atoms with van der Waals surface area (Å²) in [7, 11) is 1.30. The Morgan fingerprint density at radius 1 is 1.19 bits per heavy atom. The zero-order valence-electron chi connectivity index (χ0n) is 13.8. The number of ether oxygens (including phenoxy) is 1. The molecule has 1 aliphatic heterocycles. The van der Waals surface area contributed by atoms with Crippen LogP contribution in [0.1, 0.15) is 21.5 Å². The number of hydrogen-bond donors (Lipinski definition) is 0. The number of benzene rings is 2. The lowest BCUT2D eigenvalue weighted by Gasteiger charge is -2.13. The van der Waals surface area contributed by atoms with Crippen molar-refractivity contribution in [3.8, 4) is 0 Å². The van der Waals surface area contributed by atoms with Crippen molar-refractivity contribution in [2.75, 3.05) is 7.11 Å². The van der Waals surface area contributed by atoms with Crippen LogP contribution in [0.4, 0.5) is 4.79 Å². The first-order valence-electron chi connectivity index (χ1n) is 7.66. The third-order valence-corrected chi connectivity index (χ3v) is 5.11. The summed E-state index contributed by atoms with van der Waals surface area (Å²) in [5.41, 5.74) is 1.89. The van der Waals surface area contributed by atoms with Crippen molar-refractivity contribution < 1.29 is 19.1 Å². The van der Waals surface area contributed by atoms with Crippen LogP contribution in [0.15, 0.2) is 57.9 Å². The highest BCUT2D eigenvalue weighted by Crippen LogP contribution is 2.33. The van der Waals surface area contributed by atoms with Crippen LogP contribution in [0.25, 0.3) is 6.08 Å². The number of halogens is 1.